The Bertz CT molecular complexity index is 708. The Labute approximate surface area is 143 Å². The van der Waals surface area contributed by atoms with Crippen molar-refractivity contribution in [2.45, 2.75) is 31.0 Å². The molecule has 0 amide bonds. The van der Waals surface area contributed by atoms with Gasteiger partial charge in [0.2, 0.25) is 0 Å². The molecule has 0 aromatic heterocycles. The van der Waals surface area contributed by atoms with E-state index in [4.69, 9.17) is 9.29 Å². The van der Waals surface area contributed by atoms with E-state index in [-0.39, 0.29) is 4.90 Å². The molecule has 1 aliphatic heterocycles. The van der Waals surface area contributed by atoms with Crippen LogP contribution in [0, 0.1) is 6.92 Å². The minimum Gasteiger partial charge on any atom is -0.372 e. The molecule has 1 unspecified atom stereocenters. The number of ether oxygens (including phenoxy) is 1. The monoisotopic (exact) mass is 349 g/mol. The standard InChI is InChI=1S/C11H15NO.C7H8O3S/c1-2-4-10(5-3-1)9-13-11-6-7-12-8-11;1-6-2-4-7(5-3-6)11(8,9)10/h1-5,11-12H,6-9H2;2-5H,1H3,(H,8,9,10). The van der Waals surface area contributed by atoms with Crippen LogP contribution in [-0.4, -0.2) is 32.2 Å². The van der Waals surface area contributed by atoms with Gasteiger partial charge in [-0.25, -0.2) is 0 Å². The largest absolute Gasteiger partial charge is 0.372 e. The zero-order valence-electron chi connectivity index (χ0n) is 13.7. The van der Waals surface area contributed by atoms with E-state index in [0.29, 0.717) is 6.10 Å². The highest BCUT2D eigenvalue weighted by molar-refractivity contribution is 7.85. The topological polar surface area (TPSA) is 75.6 Å². The minimum atomic E-state index is -4.02. The molecule has 1 aliphatic rings. The van der Waals surface area contributed by atoms with Gasteiger partial charge in [-0.15, -0.1) is 0 Å². The van der Waals surface area contributed by atoms with Gasteiger partial charge in [0, 0.05) is 6.54 Å². The molecule has 1 heterocycles. The summed E-state index contributed by atoms with van der Waals surface area (Å²) in [4.78, 5) is -0.0666. The second kappa shape index (κ2) is 8.94. The molecule has 1 atom stereocenters. The van der Waals surface area contributed by atoms with E-state index in [1.54, 1.807) is 12.1 Å². The first-order chi connectivity index (χ1) is 11.4. The highest BCUT2D eigenvalue weighted by atomic mass is 32.2. The molecule has 0 spiro atoms. The highest BCUT2D eigenvalue weighted by Crippen LogP contribution is 2.09. The van der Waals surface area contributed by atoms with Gasteiger partial charge in [0.1, 0.15) is 0 Å². The maximum Gasteiger partial charge on any atom is 0.294 e. The molecule has 130 valence electrons. The van der Waals surface area contributed by atoms with Gasteiger partial charge >= 0.3 is 0 Å². The summed E-state index contributed by atoms with van der Waals surface area (Å²) in [5, 5.41) is 3.28. The molecular formula is C18H23NO4S. The first-order valence-electron chi connectivity index (χ1n) is 7.85. The van der Waals surface area contributed by atoms with Gasteiger partial charge in [0.05, 0.1) is 17.6 Å². The minimum absolute atomic E-state index is 0.0666. The first kappa shape index (κ1) is 18.6. The van der Waals surface area contributed by atoms with Crippen LogP contribution in [-0.2, 0) is 21.5 Å². The van der Waals surface area contributed by atoms with Crippen LogP contribution < -0.4 is 5.32 Å². The molecular weight excluding hydrogens is 326 g/mol. The lowest BCUT2D eigenvalue weighted by molar-refractivity contribution is 0.0542. The molecule has 2 N–H and O–H groups in total. The number of hydrogen-bond donors (Lipinski definition) is 2. The van der Waals surface area contributed by atoms with Gasteiger partial charge in [-0.2, -0.15) is 8.42 Å². The van der Waals surface area contributed by atoms with Crippen molar-refractivity contribution in [3.8, 4) is 0 Å². The Morgan fingerprint density at radius 2 is 1.79 bits per heavy atom. The summed E-state index contributed by atoms with van der Waals surface area (Å²) in [6.07, 6.45) is 1.56. The van der Waals surface area contributed by atoms with Crippen LogP contribution in [0.4, 0.5) is 0 Å². The number of benzene rings is 2. The first-order valence-corrected chi connectivity index (χ1v) is 9.29. The third-order valence-corrected chi connectivity index (χ3v) is 4.53. The maximum absolute atomic E-state index is 10.5. The Balaban J connectivity index is 0.000000177. The van der Waals surface area contributed by atoms with E-state index in [1.165, 1.54) is 17.7 Å². The summed E-state index contributed by atoms with van der Waals surface area (Å²) in [7, 11) is -4.02. The molecule has 0 bridgehead atoms. The predicted molar refractivity (Wildman–Crippen MR) is 93.5 cm³/mol. The van der Waals surface area contributed by atoms with Crippen LogP contribution in [0.15, 0.2) is 59.5 Å². The van der Waals surface area contributed by atoms with Crippen LogP contribution in [0.2, 0.25) is 0 Å². The average molecular weight is 349 g/mol. The number of nitrogens with one attached hydrogen (secondary N) is 1. The van der Waals surface area contributed by atoms with E-state index < -0.39 is 10.1 Å². The normalized spacial score (nSPS) is 17.2. The zero-order valence-corrected chi connectivity index (χ0v) is 14.5. The molecule has 3 rings (SSSR count). The fourth-order valence-electron chi connectivity index (χ4n) is 2.27. The lowest BCUT2D eigenvalue weighted by Gasteiger charge is -2.09. The smallest absolute Gasteiger partial charge is 0.294 e. The third-order valence-electron chi connectivity index (χ3n) is 3.66. The van der Waals surface area contributed by atoms with Gasteiger partial charge in [0.15, 0.2) is 0 Å². The summed E-state index contributed by atoms with van der Waals surface area (Å²) >= 11 is 0. The Hall–Kier alpha value is -1.73. The summed E-state index contributed by atoms with van der Waals surface area (Å²) in [5.74, 6) is 0. The number of hydrogen-bond acceptors (Lipinski definition) is 4. The lowest BCUT2D eigenvalue weighted by atomic mass is 10.2. The van der Waals surface area contributed by atoms with Gasteiger partial charge in [0.25, 0.3) is 10.1 Å². The fraction of sp³-hybridized carbons (Fsp3) is 0.333. The summed E-state index contributed by atoms with van der Waals surface area (Å²) < 4.78 is 35.3. The molecule has 2 aromatic rings. The van der Waals surface area contributed by atoms with Crippen LogP contribution in [0.1, 0.15) is 17.5 Å². The van der Waals surface area contributed by atoms with Crippen molar-refractivity contribution < 1.29 is 17.7 Å². The molecule has 0 saturated carbocycles. The molecule has 0 aliphatic carbocycles. The SMILES string of the molecule is Cc1ccc(S(=O)(=O)O)cc1.c1ccc(COC2CCNC2)cc1. The quantitative estimate of drug-likeness (QED) is 0.830. The molecule has 6 heteroatoms. The second-order valence-corrected chi connectivity index (χ2v) is 7.12. The third kappa shape index (κ3) is 6.41. The van der Waals surface area contributed by atoms with Crippen molar-refractivity contribution in [2.75, 3.05) is 13.1 Å². The Kier molecular flexibility index (Phi) is 6.93. The van der Waals surface area contributed by atoms with E-state index in [9.17, 15) is 8.42 Å². The van der Waals surface area contributed by atoms with Gasteiger partial charge in [-0.3, -0.25) is 4.55 Å². The predicted octanol–water partition coefficient (Wildman–Crippen LogP) is 2.81. The summed E-state index contributed by atoms with van der Waals surface area (Å²) in [5.41, 5.74) is 2.21. The van der Waals surface area contributed by atoms with Crippen molar-refractivity contribution in [3.63, 3.8) is 0 Å². The van der Waals surface area contributed by atoms with Gasteiger partial charge in [-0.05, 0) is 37.6 Å². The fourth-order valence-corrected chi connectivity index (χ4v) is 2.75. The van der Waals surface area contributed by atoms with Crippen molar-refractivity contribution in [1.82, 2.24) is 5.32 Å². The van der Waals surface area contributed by atoms with Crippen LogP contribution >= 0.6 is 0 Å². The van der Waals surface area contributed by atoms with E-state index in [0.717, 1.165) is 31.7 Å². The summed E-state index contributed by atoms with van der Waals surface area (Å²) in [6, 6.07) is 16.3. The van der Waals surface area contributed by atoms with Gasteiger partial charge in [-0.1, -0.05) is 48.0 Å². The van der Waals surface area contributed by atoms with Gasteiger partial charge < -0.3 is 10.1 Å². The molecule has 2 aromatic carbocycles. The van der Waals surface area contributed by atoms with Crippen molar-refractivity contribution in [2.24, 2.45) is 0 Å². The van der Waals surface area contributed by atoms with Crippen molar-refractivity contribution in [1.29, 1.82) is 0 Å². The molecule has 1 saturated heterocycles. The Morgan fingerprint density at radius 1 is 1.12 bits per heavy atom. The second-order valence-electron chi connectivity index (χ2n) is 5.70. The van der Waals surface area contributed by atoms with Crippen molar-refractivity contribution >= 4 is 10.1 Å². The zero-order chi connectivity index (χ0) is 17.4. The maximum atomic E-state index is 10.5. The molecule has 1 fully saturated rings. The number of rotatable bonds is 4. The van der Waals surface area contributed by atoms with E-state index in [1.807, 2.05) is 25.1 Å². The van der Waals surface area contributed by atoms with E-state index in [2.05, 4.69) is 17.4 Å². The van der Waals surface area contributed by atoms with Crippen LogP contribution in [0.3, 0.4) is 0 Å². The lowest BCUT2D eigenvalue weighted by Crippen LogP contribution is -2.16. The van der Waals surface area contributed by atoms with Crippen LogP contribution in [0.25, 0.3) is 0 Å². The average Bonchev–Trinajstić information content (AvgIpc) is 3.08. The number of aryl methyl sites for hydroxylation is 1. The highest BCUT2D eigenvalue weighted by Gasteiger charge is 2.14. The summed E-state index contributed by atoms with van der Waals surface area (Å²) in [6.45, 7) is 4.69. The Morgan fingerprint density at radius 3 is 2.33 bits per heavy atom. The van der Waals surface area contributed by atoms with Crippen molar-refractivity contribution in [3.05, 3.63) is 65.7 Å². The van der Waals surface area contributed by atoms with Crippen LogP contribution in [0.5, 0.6) is 0 Å². The molecule has 5 nitrogen and oxygen atoms in total. The molecule has 0 radical (unpaired) electrons. The molecule has 24 heavy (non-hydrogen) atoms. The van der Waals surface area contributed by atoms with E-state index >= 15 is 0 Å².